The Morgan fingerprint density at radius 3 is 2.60 bits per heavy atom. The summed E-state index contributed by atoms with van der Waals surface area (Å²) in [6.07, 6.45) is -0.976. The van der Waals surface area contributed by atoms with E-state index in [-0.39, 0.29) is 34.4 Å². The second kappa shape index (κ2) is 6.92. The van der Waals surface area contributed by atoms with Gasteiger partial charge in [0.15, 0.2) is 0 Å². The van der Waals surface area contributed by atoms with E-state index < -0.39 is 16.9 Å². The number of nitro groups is 1. The van der Waals surface area contributed by atoms with Crippen molar-refractivity contribution in [3.8, 4) is 0 Å². The van der Waals surface area contributed by atoms with Crippen LogP contribution in [-0.4, -0.2) is 30.1 Å². The van der Waals surface area contributed by atoms with Gasteiger partial charge in [0.05, 0.1) is 27.1 Å². The van der Waals surface area contributed by atoms with Gasteiger partial charge in [-0.3, -0.25) is 14.9 Å². The van der Waals surface area contributed by atoms with Crippen molar-refractivity contribution in [3.63, 3.8) is 0 Å². The number of nitro benzene ring substituents is 1. The van der Waals surface area contributed by atoms with Gasteiger partial charge in [0.25, 0.3) is 11.6 Å². The SMILES string of the molecule is NC(=O)OCCNC(=O)c1cc([N+](=O)[O-])cc(Cl)c1Cl. The first-order chi connectivity index (χ1) is 9.32. The zero-order chi connectivity index (χ0) is 15.3. The molecule has 1 aromatic rings. The van der Waals surface area contributed by atoms with Gasteiger partial charge >= 0.3 is 6.09 Å². The minimum absolute atomic E-state index is 0.0294. The highest BCUT2D eigenvalue weighted by atomic mass is 35.5. The average molecular weight is 322 g/mol. The van der Waals surface area contributed by atoms with Gasteiger partial charge in [0, 0.05) is 12.1 Å². The molecule has 0 unspecified atom stereocenters. The monoisotopic (exact) mass is 321 g/mol. The molecule has 0 aliphatic heterocycles. The molecule has 8 nitrogen and oxygen atoms in total. The number of primary amides is 1. The minimum Gasteiger partial charge on any atom is -0.448 e. The van der Waals surface area contributed by atoms with E-state index in [2.05, 4.69) is 10.1 Å². The van der Waals surface area contributed by atoms with E-state index in [0.29, 0.717) is 0 Å². The third kappa shape index (κ3) is 4.25. The number of hydrogen-bond donors (Lipinski definition) is 2. The normalized spacial score (nSPS) is 9.90. The topological polar surface area (TPSA) is 125 Å². The molecule has 1 aromatic carbocycles. The Morgan fingerprint density at radius 2 is 2.05 bits per heavy atom. The molecule has 0 spiro atoms. The van der Waals surface area contributed by atoms with Gasteiger partial charge in [-0.2, -0.15) is 0 Å². The zero-order valence-electron chi connectivity index (χ0n) is 9.89. The van der Waals surface area contributed by atoms with Crippen molar-refractivity contribution in [1.29, 1.82) is 0 Å². The van der Waals surface area contributed by atoms with Gasteiger partial charge in [-0.05, 0) is 0 Å². The van der Waals surface area contributed by atoms with Crippen LogP contribution in [0.3, 0.4) is 0 Å². The van der Waals surface area contributed by atoms with Crippen molar-refractivity contribution in [2.45, 2.75) is 0 Å². The minimum atomic E-state index is -0.976. The lowest BCUT2D eigenvalue weighted by molar-refractivity contribution is -0.384. The fourth-order valence-electron chi connectivity index (χ4n) is 1.26. The van der Waals surface area contributed by atoms with E-state index in [0.717, 1.165) is 12.1 Å². The molecule has 0 saturated carbocycles. The number of carbonyl (C=O) groups is 2. The molecule has 0 saturated heterocycles. The highest BCUT2D eigenvalue weighted by Gasteiger charge is 2.19. The van der Waals surface area contributed by atoms with Gasteiger partial charge in [-0.25, -0.2) is 4.79 Å². The summed E-state index contributed by atoms with van der Waals surface area (Å²) in [6, 6.07) is 2.04. The van der Waals surface area contributed by atoms with Crippen LogP contribution in [0.1, 0.15) is 10.4 Å². The third-order valence-corrected chi connectivity index (χ3v) is 2.90. The number of amides is 2. The molecule has 0 aliphatic rings. The van der Waals surface area contributed by atoms with Crippen LogP contribution in [0.2, 0.25) is 10.0 Å². The number of ether oxygens (including phenoxy) is 1. The maximum Gasteiger partial charge on any atom is 0.404 e. The summed E-state index contributed by atoms with van der Waals surface area (Å²) in [5, 5.41) is 12.8. The molecule has 10 heteroatoms. The van der Waals surface area contributed by atoms with Crippen molar-refractivity contribution < 1.29 is 19.2 Å². The van der Waals surface area contributed by atoms with Gasteiger partial charge < -0.3 is 15.8 Å². The molecule has 0 aliphatic carbocycles. The van der Waals surface area contributed by atoms with Crippen LogP contribution in [0.25, 0.3) is 0 Å². The lowest BCUT2D eigenvalue weighted by Crippen LogP contribution is -2.29. The smallest absolute Gasteiger partial charge is 0.404 e. The van der Waals surface area contributed by atoms with E-state index >= 15 is 0 Å². The predicted molar refractivity (Wildman–Crippen MR) is 71.0 cm³/mol. The second-order valence-electron chi connectivity index (χ2n) is 3.47. The van der Waals surface area contributed by atoms with Gasteiger partial charge in [-0.15, -0.1) is 0 Å². The number of benzene rings is 1. The first-order valence-electron chi connectivity index (χ1n) is 5.16. The Balaban J connectivity index is 2.81. The van der Waals surface area contributed by atoms with Crippen molar-refractivity contribution in [3.05, 3.63) is 37.9 Å². The highest BCUT2D eigenvalue weighted by Crippen LogP contribution is 2.30. The first-order valence-corrected chi connectivity index (χ1v) is 5.92. The molecule has 3 N–H and O–H groups in total. The van der Waals surface area contributed by atoms with Crippen LogP contribution in [0.5, 0.6) is 0 Å². The molecule has 0 heterocycles. The van der Waals surface area contributed by atoms with Gasteiger partial charge in [0.1, 0.15) is 6.61 Å². The summed E-state index contributed by atoms with van der Waals surface area (Å²) in [7, 11) is 0. The molecular formula is C10H9Cl2N3O5. The summed E-state index contributed by atoms with van der Waals surface area (Å²) in [5.74, 6) is -0.686. The zero-order valence-corrected chi connectivity index (χ0v) is 11.4. The second-order valence-corrected chi connectivity index (χ2v) is 4.25. The molecule has 1 rings (SSSR count). The van der Waals surface area contributed by atoms with Crippen LogP contribution >= 0.6 is 23.2 Å². The first kappa shape index (κ1) is 16.0. The Hall–Kier alpha value is -2.06. The number of hydrogen-bond acceptors (Lipinski definition) is 5. The number of carbonyl (C=O) groups excluding carboxylic acids is 2. The van der Waals surface area contributed by atoms with E-state index in [4.69, 9.17) is 28.9 Å². The number of nitrogens with two attached hydrogens (primary N) is 1. The van der Waals surface area contributed by atoms with E-state index in [1.54, 1.807) is 0 Å². The average Bonchev–Trinajstić information content (AvgIpc) is 2.36. The van der Waals surface area contributed by atoms with Crippen molar-refractivity contribution in [1.82, 2.24) is 5.32 Å². The maximum atomic E-state index is 11.8. The van der Waals surface area contributed by atoms with Crippen LogP contribution in [0, 0.1) is 10.1 Å². The predicted octanol–water partition coefficient (Wildman–Crippen LogP) is 1.73. The fourth-order valence-corrected chi connectivity index (χ4v) is 1.67. The van der Waals surface area contributed by atoms with Crippen LogP contribution < -0.4 is 11.1 Å². The summed E-state index contributed by atoms with van der Waals surface area (Å²) in [5.41, 5.74) is 4.22. The summed E-state index contributed by atoms with van der Waals surface area (Å²) in [4.78, 5) is 32.1. The van der Waals surface area contributed by atoms with E-state index in [1.807, 2.05) is 0 Å². The summed E-state index contributed by atoms with van der Waals surface area (Å²) in [6.45, 7) is -0.167. The van der Waals surface area contributed by atoms with Crippen LogP contribution in [0.15, 0.2) is 12.1 Å². The Labute approximate surface area is 122 Å². The fraction of sp³-hybridized carbons (Fsp3) is 0.200. The van der Waals surface area contributed by atoms with Crippen LogP contribution in [-0.2, 0) is 4.74 Å². The van der Waals surface area contributed by atoms with Crippen molar-refractivity contribution >= 4 is 40.9 Å². The van der Waals surface area contributed by atoms with E-state index in [1.165, 1.54) is 0 Å². The summed E-state index contributed by atoms with van der Waals surface area (Å²) < 4.78 is 4.40. The largest absolute Gasteiger partial charge is 0.448 e. The van der Waals surface area contributed by atoms with Crippen LogP contribution in [0.4, 0.5) is 10.5 Å². The summed E-state index contributed by atoms with van der Waals surface area (Å²) >= 11 is 11.5. The molecule has 0 aromatic heterocycles. The number of non-ortho nitro benzene ring substituents is 1. The lowest BCUT2D eigenvalue weighted by Gasteiger charge is -2.07. The third-order valence-electron chi connectivity index (χ3n) is 2.10. The number of nitrogens with one attached hydrogen (secondary N) is 1. The Bertz CT molecular complexity index is 564. The standard InChI is InChI=1S/C10H9Cl2N3O5/c11-7-4-5(15(18)19)3-6(8(7)12)9(16)14-1-2-20-10(13)17/h3-4H,1-2H2,(H2,13,17)(H,14,16). The van der Waals surface area contributed by atoms with Crippen molar-refractivity contribution in [2.24, 2.45) is 5.73 Å². The highest BCUT2D eigenvalue weighted by molar-refractivity contribution is 6.44. The van der Waals surface area contributed by atoms with Crippen molar-refractivity contribution in [2.75, 3.05) is 13.2 Å². The molecule has 0 atom stereocenters. The lowest BCUT2D eigenvalue weighted by atomic mass is 10.2. The molecule has 0 fully saturated rings. The number of halogens is 2. The molecule has 2 amide bonds. The Kier molecular flexibility index (Phi) is 5.53. The molecule has 0 radical (unpaired) electrons. The molecule has 20 heavy (non-hydrogen) atoms. The van der Waals surface area contributed by atoms with Gasteiger partial charge in [0.2, 0.25) is 0 Å². The van der Waals surface area contributed by atoms with Gasteiger partial charge in [-0.1, -0.05) is 23.2 Å². The molecular weight excluding hydrogens is 313 g/mol. The molecule has 108 valence electrons. The number of rotatable bonds is 5. The number of nitrogens with zero attached hydrogens (tertiary/aromatic N) is 1. The maximum absolute atomic E-state index is 11.8. The Morgan fingerprint density at radius 1 is 1.40 bits per heavy atom. The quantitative estimate of drug-likeness (QED) is 0.485. The van der Waals surface area contributed by atoms with E-state index in [9.17, 15) is 19.7 Å². The molecule has 0 bridgehead atoms.